The molecule has 0 N–H and O–H groups in total. The number of aromatic nitrogens is 2. The zero-order valence-electron chi connectivity index (χ0n) is 7.97. The Labute approximate surface area is 92.4 Å². The molecule has 0 bridgehead atoms. The van der Waals surface area contributed by atoms with E-state index in [1.807, 2.05) is 0 Å². The summed E-state index contributed by atoms with van der Waals surface area (Å²) in [6, 6.07) is 0. The zero-order valence-corrected chi connectivity index (χ0v) is 9.55. The Balaban J connectivity index is 2.83. The SMILES string of the molecule is CCS(=O)(=O)CC(=O)c1cnc(Cl)cn1. The Morgan fingerprint density at radius 2 is 2.07 bits per heavy atom. The Morgan fingerprint density at radius 3 is 2.53 bits per heavy atom. The van der Waals surface area contributed by atoms with E-state index < -0.39 is 21.4 Å². The van der Waals surface area contributed by atoms with E-state index in [0.29, 0.717) is 0 Å². The maximum Gasteiger partial charge on any atom is 0.197 e. The molecule has 0 amide bonds. The van der Waals surface area contributed by atoms with Gasteiger partial charge in [-0.2, -0.15) is 0 Å². The highest BCUT2D eigenvalue weighted by Gasteiger charge is 2.17. The Hall–Kier alpha value is -1.01. The van der Waals surface area contributed by atoms with Gasteiger partial charge in [0.05, 0.1) is 12.4 Å². The van der Waals surface area contributed by atoms with Gasteiger partial charge in [-0.1, -0.05) is 18.5 Å². The Morgan fingerprint density at radius 1 is 1.40 bits per heavy atom. The molecular formula is C8H9ClN2O3S. The van der Waals surface area contributed by atoms with Crippen molar-refractivity contribution >= 4 is 27.2 Å². The third-order valence-electron chi connectivity index (χ3n) is 1.70. The number of halogens is 1. The van der Waals surface area contributed by atoms with Crippen LogP contribution in [0.25, 0.3) is 0 Å². The molecule has 82 valence electrons. The first-order valence-electron chi connectivity index (χ1n) is 4.16. The molecule has 0 aliphatic rings. The van der Waals surface area contributed by atoms with Crippen LogP contribution in [0.15, 0.2) is 12.4 Å². The van der Waals surface area contributed by atoms with E-state index in [1.54, 1.807) is 0 Å². The number of hydrogen-bond donors (Lipinski definition) is 0. The Kier molecular flexibility index (Phi) is 3.76. The number of carbonyl (C=O) groups is 1. The highest BCUT2D eigenvalue weighted by molar-refractivity contribution is 7.92. The summed E-state index contributed by atoms with van der Waals surface area (Å²) < 4.78 is 22.3. The molecule has 1 heterocycles. The molecular weight excluding hydrogens is 240 g/mol. The summed E-state index contributed by atoms with van der Waals surface area (Å²) in [4.78, 5) is 18.7. The second kappa shape index (κ2) is 4.67. The number of sulfone groups is 1. The van der Waals surface area contributed by atoms with Gasteiger partial charge in [0.25, 0.3) is 0 Å². The predicted octanol–water partition coefficient (Wildman–Crippen LogP) is 0.747. The maximum atomic E-state index is 11.4. The first-order chi connectivity index (χ1) is 6.94. The lowest BCUT2D eigenvalue weighted by molar-refractivity contribution is 0.101. The van der Waals surface area contributed by atoms with Gasteiger partial charge in [0, 0.05) is 5.75 Å². The van der Waals surface area contributed by atoms with E-state index >= 15 is 0 Å². The molecule has 0 saturated heterocycles. The molecule has 0 aliphatic carbocycles. The van der Waals surface area contributed by atoms with Crippen molar-refractivity contribution in [2.45, 2.75) is 6.92 Å². The number of hydrogen-bond acceptors (Lipinski definition) is 5. The van der Waals surface area contributed by atoms with Gasteiger partial charge >= 0.3 is 0 Å². The van der Waals surface area contributed by atoms with Crippen LogP contribution in [0.3, 0.4) is 0 Å². The smallest absolute Gasteiger partial charge is 0.197 e. The topological polar surface area (TPSA) is 77.0 Å². The molecule has 0 fully saturated rings. The lowest BCUT2D eigenvalue weighted by atomic mass is 10.3. The molecule has 15 heavy (non-hydrogen) atoms. The zero-order chi connectivity index (χ0) is 11.5. The summed E-state index contributed by atoms with van der Waals surface area (Å²) in [6.07, 6.45) is 2.36. The summed E-state index contributed by atoms with van der Waals surface area (Å²) in [7, 11) is -3.33. The average molecular weight is 249 g/mol. The number of Topliss-reactive ketones (excluding diaryl/α,β-unsaturated/α-hetero) is 1. The van der Waals surface area contributed by atoms with Crippen LogP contribution in [-0.4, -0.2) is 35.7 Å². The van der Waals surface area contributed by atoms with Crippen molar-refractivity contribution in [2.75, 3.05) is 11.5 Å². The van der Waals surface area contributed by atoms with Crippen LogP contribution in [0.4, 0.5) is 0 Å². The van der Waals surface area contributed by atoms with Crippen molar-refractivity contribution in [3.8, 4) is 0 Å². The molecule has 0 radical (unpaired) electrons. The van der Waals surface area contributed by atoms with Crippen molar-refractivity contribution in [2.24, 2.45) is 0 Å². The van der Waals surface area contributed by atoms with Crippen LogP contribution in [-0.2, 0) is 9.84 Å². The molecule has 0 atom stereocenters. The molecule has 1 aromatic heterocycles. The van der Waals surface area contributed by atoms with Gasteiger partial charge in [-0.15, -0.1) is 0 Å². The van der Waals surface area contributed by atoms with Gasteiger partial charge in [0.15, 0.2) is 15.6 Å². The van der Waals surface area contributed by atoms with E-state index in [9.17, 15) is 13.2 Å². The van der Waals surface area contributed by atoms with E-state index in [-0.39, 0.29) is 16.6 Å². The van der Waals surface area contributed by atoms with Crippen LogP contribution in [0.5, 0.6) is 0 Å². The van der Waals surface area contributed by atoms with Gasteiger partial charge < -0.3 is 0 Å². The highest BCUT2D eigenvalue weighted by atomic mass is 35.5. The lowest BCUT2D eigenvalue weighted by Gasteiger charge is -1.99. The summed E-state index contributed by atoms with van der Waals surface area (Å²) in [5.41, 5.74) is 0.0106. The minimum atomic E-state index is -3.33. The second-order valence-corrected chi connectivity index (χ2v) is 5.56. The summed E-state index contributed by atoms with van der Waals surface area (Å²) in [6.45, 7) is 1.48. The second-order valence-electron chi connectivity index (χ2n) is 2.82. The Bertz CT molecular complexity index is 455. The van der Waals surface area contributed by atoms with Gasteiger partial charge in [0.2, 0.25) is 0 Å². The quantitative estimate of drug-likeness (QED) is 0.735. The molecule has 0 spiro atoms. The van der Waals surface area contributed by atoms with E-state index in [0.717, 1.165) is 6.20 Å². The molecule has 0 unspecified atom stereocenters. The fourth-order valence-electron chi connectivity index (χ4n) is 0.832. The highest BCUT2D eigenvalue weighted by Crippen LogP contribution is 2.03. The van der Waals surface area contributed by atoms with Crippen molar-refractivity contribution in [1.82, 2.24) is 9.97 Å². The van der Waals surface area contributed by atoms with Crippen LogP contribution in [0.2, 0.25) is 5.15 Å². The van der Waals surface area contributed by atoms with Crippen LogP contribution in [0.1, 0.15) is 17.4 Å². The van der Waals surface area contributed by atoms with Crippen molar-refractivity contribution < 1.29 is 13.2 Å². The normalized spacial score (nSPS) is 11.3. The van der Waals surface area contributed by atoms with Gasteiger partial charge in [-0.05, 0) is 0 Å². The van der Waals surface area contributed by atoms with E-state index in [1.165, 1.54) is 13.1 Å². The standard InChI is InChI=1S/C8H9ClN2O3S/c1-2-15(13,14)5-7(12)6-3-11-8(9)4-10-6/h3-4H,2,5H2,1H3. The van der Waals surface area contributed by atoms with Gasteiger partial charge in [0.1, 0.15) is 16.6 Å². The maximum absolute atomic E-state index is 11.4. The molecule has 7 heteroatoms. The number of carbonyl (C=O) groups excluding carboxylic acids is 1. The summed E-state index contributed by atoms with van der Waals surface area (Å²) in [5, 5.41) is 0.157. The largest absolute Gasteiger partial charge is 0.291 e. The minimum absolute atomic E-state index is 0.0106. The first-order valence-corrected chi connectivity index (χ1v) is 6.35. The van der Waals surface area contributed by atoms with Gasteiger partial charge in [-0.3, -0.25) is 4.79 Å². The van der Waals surface area contributed by atoms with Gasteiger partial charge in [-0.25, -0.2) is 18.4 Å². The number of ketones is 1. The minimum Gasteiger partial charge on any atom is -0.291 e. The molecule has 1 rings (SSSR count). The molecule has 1 aromatic rings. The third kappa shape index (κ3) is 3.56. The fraction of sp³-hybridized carbons (Fsp3) is 0.375. The van der Waals surface area contributed by atoms with Crippen molar-refractivity contribution in [1.29, 1.82) is 0 Å². The van der Waals surface area contributed by atoms with Crippen molar-refractivity contribution in [3.05, 3.63) is 23.2 Å². The molecule has 0 aliphatic heterocycles. The summed E-state index contributed by atoms with van der Waals surface area (Å²) in [5.74, 6) is -1.18. The predicted molar refractivity (Wildman–Crippen MR) is 55.7 cm³/mol. The van der Waals surface area contributed by atoms with Crippen LogP contribution in [0, 0.1) is 0 Å². The molecule has 5 nitrogen and oxygen atoms in total. The van der Waals surface area contributed by atoms with Crippen LogP contribution < -0.4 is 0 Å². The lowest BCUT2D eigenvalue weighted by Crippen LogP contribution is -2.18. The molecule has 0 aromatic carbocycles. The van der Waals surface area contributed by atoms with E-state index in [4.69, 9.17) is 11.6 Å². The molecule has 0 saturated carbocycles. The summed E-state index contributed by atoms with van der Waals surface area (Å²) >= 11 is 5.47. The van der Waals surface area contributed by atoms with E-state index in [2.05, 4.69) is 9.97 Å². The van der Waals surface area contributed by atoms with Crippen LogP contribution >= 0.6 is 11.6 Å². The first kappa shape index (κ1) is 12.1. The number of nitrogens with zero attached hydrogens (tertiary/aromatic N) is 2. The third-order valence-corrected chi connectivity index (χ3v) is 3.47. The number of rotatable bonds is 4. The monoisotopic (exact) mass is 248 g/mol. The van der Waals surface area contributed by atoms with Crippen molar-refractivity contribution in [3.63, 3.8) is 0 Å². The average Bonchev–Trinajstić information content (AvgIpc) is 2.18. The fourth-order valence-corrected chi connectivity index (χ4v) is 1.68.